The van der Waals surface area contributed by atoms with Crippen molar-refractivity contribution in [2.45, 2.75) is 12.8 Å². The van der Waals surface area contributed by atoms with Crippen LogP contribution in [0.2, 0.25) is 0 Å². The molecular formula is C7H14ClNO. The summed E-state index contributed by atoms with van der Waals surface area (Å²) in [6.07, 6.45) is 4.14. The van der Waals surface area contributed by atoms with Crippen LogP contribution in [0.15, 0.2) is 11.6 Å². The monoisotopic (exact) mass is 163 g/mol. The molecule has 0 saturated carbocycles. The van der Waals surface area contributed by atoms with Crippen molar-refractivity contribution in [2.75, 3.05) is 19.7 Å². The van der Waals surface area contributed by atoms with Gasteiger partial charge in [-0.05, 0) is 25.9 Å². The van der Waals surface area contributed by atoms with Crippen LogP contribution in [0.4, 0.5) is 0 Å². The second kappa shape index (κ2) is 5.71. The van der Waals surface area contributed by atoms with E-state index in [9.17, 15) is 0 Å². The zero-order valence-electron chi connectivity index (χ0n) is 5.97. The van der Waals surface area contributed by atoms with Gasteiger partial charge in [0.1, 0.15) is 0 Å². The Labute approximate surface area is 67.7 Å². The zero-order valence-corrected chi connectivity index (χ0v) is 6.78. The van der Waals surface area contributed by atoms with Crippen LogP contribution in [0.25, 0.3) is 0 Å². The van der Waals surface area contributed by atoms with Gasteiger partial charge in [-0.2, -0.15) is 0 Å². The number of rotatable bonds is 1. The molecule has 0 radical (unpaired) electrons. The van der Waals surface area contributed by atoms with Crippen LogP contribution in [0.5, 0.6) is 0 Å². The molecule has 0 aromatic carbocycles. The standard InChI is InChI=1S/C7H13NO.ClH/c9-6-3-7-1-4-8-5-2-7;/h3,8-9H,1-2,4-6H2;1H. The minimum absolute atomic E-state index is 0. The highest BCUT2D eigenvalue weighted by Crippen LogP contribution is 2.08. The number of aliphatic hydroxyl groups is 1. The Bertz CT molecular complexity index is 106. The van der Waals surface area contributed by atoms with E-state index in [4.69, 9.17) is 5.11 Å². The molecule has 1 fully saturated rings. The lowest BCUT2D eigenvalue weighted by Gasteiger charge is -2.14. The molecule has 0 unspecified atom stereocenters. The van der Waals surface area contributed by atoms with Crippen molar-refractivity contribution in [2.24, 2.45) is 0 Å². The average Bonchev–Trinajstić information content (AvgIpc) is 1.91. The summed E-state index contributed by atoms with van der Waals surface area (Å²) >= 11 is 0. The summed E-state index contributed by atoms with van der Waals surface area (Å²) in [5.41, 5.74) is 1.40. The van der Waals surface area contributed by atoms with Gasteiger partial charge in [-0.1, -0.05) is 11.6 Å². The van der Waals surface area contributed by atoms with E-state index < -0.39 is 0 Å². The predicted molar refractivity (Wildman–Crippen MR) is 44.5 cm³/mol. The van der Waals surface area contributed by atoms with E-state index in [-0.39, 0.29) is 19.0 Å². The Morgan fingerprint density at radius 1 is 1.40 bits per heavy atom. The second-order valence-corrected chi connectivity index (χ2v) is 2.29. The van der Waals surface area contributed by atoms with E-state index in [0.29, 0.717) is 0 Å². The lowest BCUT2D eigenvalue weighted by atomic mass is 10.1. The summed E-state index contributed by atoms with van der Waals surface area (Å²) in [5, 5.41) is 11.8. The first-order chi connectivity index (χ1) is 4.43. The first-order valence-corrected chi connectivity index (χ1v) is 3.43. The van der Waals surface area contributed by atoms with Gasteiger partial charge in [0.25, 0.3) is 0 Å². The first kappa shape index (κ1) is 9.95. The highest BCUT2D eigenvalue weighted by Gasteiger charge is 2.01. The van der Waals surface area contributed by atoms with Crippen molar-refractivity contribution in [3.63, 3.8) is 0 Å². The summed E-state index contributed by atoms with van der Waals surface area (Å²) in [6.45, 7) is 2.35. The molecular weight excluding hydrogens is 150 g/mol. The molecule has 1 heterocycles. The van der Waals surface area contributed by atoms with Crippen molar-refractivity contribution >= 4 is 12.4 Å². The molecule has 10 heavy (non-hydrogen) atoms. The maximum atomic E-state index is 8.52. The van der Waals surface area contributed by atoms with Gasteiger partial charge in [-0.25, -0.2) is 0 Å². The number of hydrogen-bond donors (Lipinski definition) is 2. The Morgan fingerprint density at radius 3 is 2.50 bits per heavy atom. The Kier molecular flexibility index (Phi) is 5.69. The van der Waals surface area contributed by atoms with Crippen LogP contribution in [-0.2, 0) is 0 Å². The van der Waals surface area contributed by atoms with Gasteiger partial charge >= 0.3 is 0 Å². The fourth-order valence-corrected chi connectivity index (χ4v) is 1.08. The largest absolute Gasteiger partial charge is 0.392 e. The second-order valence-electron chi connectivity index (χ2n) is 2.29. The molecule has 0 bridgehead atoms. The van der Waals surface area contributed by atoms with Gasteiger partial charge in [-0.3, -0.25) is 0 Å². The van der Waals surface area contributed by atoms with Crippen LogP contribution >= 0.6 is 12.4 Å². The van der Waals surface area contributed by atoms with Crippen molar-refractivity contribution < 1.29 is 5.11 Å². The summed E-state index contributed by atoms with van der Waals surface area (Å²) in [6, 6.07) is 0. The SMILES string of the molecule is Cl.OCC=C1CCNCC1. The summed E-state index contributed by atoms with van der Waals surface area (Å²) in [7, 11) is 0. The molecule has 0 atom stereocenters. The normalized spacial score (nSPS) is 17.9. The molecule has 1 saturated heterocycles. The molecule has 2 N–H and O–H groups in total. The molecule has 1 aliphatic heterocycles. The fourth-order valence-electron chi connectivity index (χ4n) is 1.08. The lowest BCUT2D eigenvalue weighted by molar-refractivity contribution is 0.340. The third kappa shape index (κ3) is 3.20. The Balaban J connectivity index is 0.000000810. The first-order valence-electron chi connectivity index (χ1n) is 3.43. The Hall–Kier alpha value is -0.0500. The molecule has 0 amide bonds. The van der Waals surface area contributed by atoms with Crippen molar-refractivity contribution in [1.82, 2.24) is 5.32 Å². The molecule has 1 aliphatic rings. The zero-order chi connectivity index (χ0) is 6.53. The van der Waals surface area contributed by atoms with Crippen molar-refractivity contribution in [3.05, 3.63) is 11.6 Å². The van der Waals surface area contributed by atoms with Crippen molar-refractivity contribution in [1.29, 1.82) is 0 Å². The fraction of sp³-hybridized carbons (Fsp3) is 0.714. The predicted octanol–water partition coefficient (Wildman–Crippen LogP) is 0.710. The molecule has 0 aliphatic carbocycles. The van der Waals surface area contributed by atoms with Crippen LogP contribution in [-0.4, -0.2) is 24.8 Å². The highest BCUT2D eigenvalue weighted by molar-refractivity contribution is 5.85. The molecule has 0 spiro atoms. The number of hydrogen-bond acceptors (Lipinski definition) is 2. The smallest absolute Gasteiger partial charge is 0.0615 e. The topological polar surface area (TPSA) is 32.3 Å². The summed E-state index contributed by atoms with van der Waals surface area (Å²) in [4.78, 5) is 0. The van der Waals surface area contributed by atoms with E-state index in [1.165, 1.54) is 5.57 Å². The van der Waals surface area contributed by atoms with E-state index in [0.717, 1.165) is 25.9 Å². The number of nitrogens with one attached hydrogen (secondary N) is 1. The molecule has 3 heteroatoms. The van der Waals surface area contributed by atoms with Crippen LogP contribution in [0.3, 0.4) is 0 Å². The van der Waals surface area contributed by atoms with Gasteiger partial charge in [-0.15, -0.1) is 12.4 Å². The molecule has 2 nitrogen and oxygen atoms in total. The maximum Gasteiger partial charge on any atom is 0.0615 e. The third-order valence-corrected chi connectivity index (χ3v) is 1.63. The minimum Gasteiger partial charge on any atom is -0.392 e. The van der Waals surface area contributed by atoms with Gasteiger partial charge in [0.15, 0.2) is 0 Å². The van der Waals surface area contributed by atoms with Crippen LogP contribution in [0, 0.1) is 0 Å². The molecule has 1 rings (SSSR count). The third-order valence-electron chi connectivity index (χ3n) is 1.63. The molecule has 0 aromatic heterocycles. The van der Waals surface area contributed by atoms with Gasteiger partial charge in [0.2, 0.25) is 0 Å². The highest BCUT2D eigenvalue weighted by atomic mass is 35.5. The van der Waals surface area contributed by atoms with Gasteiger partial charge < -0.3 is 10.4 Å². The van der Waals surface area contributed by atoms with Gasteiger partial charge in [0.05, 0.1) is 6.61 Å². The lowest BCUT2D eigenvalue weighted by Crippen LogP contribution is -2.23. The summed E-state index contributed by atoms with van der Waals surface area (Å²) in [5.74, 6) is 0. The maximum absolute atomic E-state index is 8.52. The number of halogens is 1. The molecule has 0 aromatic rings. The minimum atomic E-state index is 0. The Morgan fingerprint density at radius 2 is 2.00 bits per heavy atom. The van der Waals surface area contributed by atoms with E-state index in [1.807, 2.05) is 6.08 Å². The van der Waals surface area contributed by atoms with Crippen LogP contribution in [0.1, 0.15) is 12.8 Å². The van der Waals surface area contributed by atoms with E-state index >= 15 is 0 Å². The van der Waals surface area contributed by atoms with E-state index in [1.54, 1.807) is 0 Å². The van der Waals surface area contributed by atoms with Crippen LogP contribution < -0.4 is 5.32 Å². The molecule has 60 valence electrons. The summed E-state index contributed by atoms with van der Waals surface area (Å²) < 4.78 is 0. The van der Waals surface area contributed by atoms with E-state index in [2.05, 4.69) is 5.32 Å². The number of piperidine rings is 1. The van der Waals surface area contributed by atoms with Crippen molar-refractivity contribution in [3.8, 4) is 0 Å². The average molecular weight is 164 g/mol. The van der Waals surface area contributed by atoms with Gasteiger partial charge in [0, 0.05) is 0 Å². The number of aliphatic hydroxyl groups excluding tert-OH is 1. The quantitative estimate of drug-likeness (QED) is 0.559.